The first-order valence-corrected chi connectivity index (χ1v) is 8.82. The standard InChI is InChI=1S/C23H21N3O/c1-15-10-18(14-24)13-21(11-15)17(3)23(27)26-22-6-4-19(5-7-22)20-8-9-25-16(2)12-20/h4-13,17H,1-3H3,(H,26,27). The molecule has 0 aliphatic carbocycles. The average molecular weight is 355 g/mol. The third-order valence-corrected chi connectivity index (χ3v) is 4.50. The number of carbonyl (C=O) groups excluding carboxylic acids is 1. The molecule has 0 spiro atoms. The van der Waals surface area contributed by atoms with Crippen LogP contribution in [0.4, 0.5) is 5.69 Å². The number of aromatic nitrogens is 1. The van der Waals surface area contributed by atoms with Gasteiger partial charge in [-0.3, -0.25) is 9.78 Å². The van der Waals surface area contributed by atoms with E-state index in [2.05, 4.69) is 16.4 Å². The largest absolute Gasteiger partial charge is 0.326 e. The summed E-state index contributed by atoms with van der Waals surface area (Å²) in [5, 5.41) is 12.1. The average Bonchev–Trinajstić information content (AvgIpc) is 2.67. The minimum Gasteiger partial charge on any atom is -0.326 e. The van der Waals surface area contributed by atoms with E-state index in [0.717, 1.165) is 33.6 Å². The van der Waals surface area contributed by atoms with E-state index >= 15 is 0 Å². The third-order valence-electron chi connectivity index (χ3n) is 4.50. The van der Waals surface area contributed by atoms with Gasteiger partial charge in [0.2, 0.25) is 5.91 Å². The van der Waals surface area contributed by atoms with Crippen molar-refractivity contribution in [3.8, 4) is 17.2 Å². The number of nitrogens with zero attached hydrogens (tertiary/aromatic N) is 2. The van der Waals surface area contributed by atoms with E-state index in [9.17, 15) is 4.79 Å². The van der Waals surface area contributed by atoms with E-state index in [-0.39, 0.29) is 11.8 Å². The van der Waals surface area contributed by atoms with Crippen molar-refractivity contribution in [3.63, 3.8) is 0 Å². The van der Waals surface area contributed by atoms with Crippen molar-refractivity contribution in [1.82, 2.24) is 4.98 Å². The normalized spacial score (nSPS) is 11.5. The van der Waals surface area contributed by atoms with Crippen LogP contribution >= 0.6 is 0 Å². The molecule has 3 aromatic rings. The van der Waals surface area contributed by atoms with Gasteiger partial charge >= 0.3 is 0 Å². The van der Waals surface area contributed by atoms with Crippen LogP contribution in [0, 0.1) is 25.2 Å². The number of hydrogen-bond donors (Lipinski definition) is 1. The number of amides is 1. The Balaban J connectivity index is 1.74. The maximum atomic E-state index is 12.6. The second-order valence-corrected chi connectivity index (χ2v) is 6.72. The Morgan fingerprint density at radius 2 is 1.78 bits per heavy atom. The maximum Gasteiger partial charge on any atom is 0.231 e. The van der Waals surface area contributed by atoms with Gasteiger partial charge in [0.25, 0.3) is 0 Å². The Labute approximate surface area is 159 Å². The summed E-state index contributed by atoms with van der Waals surface area (Å²) in [5.74, 6) is -0.448. The SMILES string of the molecule is Cc1cc(C#N)cc(C(C)C(=O)Nc2ccc(-c3ccnc(C)c3)cc2)c1. The molecule has 0 saturated carbocycles. The van der Waals surface area contributed by atoms with Crippen LogP contribution in [0.5, 0.6) is 0 Å². The zero-order chi connectivity index (χ0) is 19.4. The molecule has 0 fully saturated rings. The van der Waals surface area contributed by atoms with Crippen LogP contribution in [0.2, 0.25) is 0 Å². The molecule has 1 N–H and O–H groups in total. The quantitative estimate of drug-likeness (QED) is 0.718. The van der Waals surface area contributed by atoms with Gasteiger partial charge in [-0.1, -0.05) is 18.2 Å². The van der Waals surface area contributed by atoms with Crippen LogP contribution < -0.4 is 5.32 Å². The zero-order valence-corrected chi connectivity index (χ0v) is 15.7. The van der Waals surface area contributed by atoms with Crippen molar-refractivity contribution in [2.75, 3.05) is 5.32 Å². The van der Waals surface area contributed by atoms with Gasteiger partial charge in [-0.05, 0) is 79.4 Å². The van der Waals surface area contributed by atoms with Crippen molar-refractivity contribution in [3.05, 3.63) is 83.2 Å². The molecular formula is C23H21N3O. The second-order valence-electron chi connectivity index (χ2n) is 6.72. The fraction of sp³-hybridized carbons (Fsp3) is 0.174. The molecule has 0 saturated heterocycles. The summed E-state index contributed by atoms with van der Waals surface area (Å²) in [7, 11) is 0. The minimum absolute atomic E-state index is 0.100. The molecular weight excluding hydrogens is 334 g/mol. The van der Waals surface area contributed by atoms with E-state index in [1.165, 1.54) is 0 Å². The Hall–Kier alpha value is -3.45. The topological polar surface area (TPSA) is 65.8 Å². The van der Waals surface area contributed by atoms with Crippen LogP contribution in [-0.4, -0.2) is 10.9 Å². The number of nitrogens with one attached hydrogen (secondary N) is 1. The molecule has 3 rings (SSSR count). The lowest BCUT2D eigenvalue weighted by Gasteiger charge is -2.14. The zero-order valence-electron chi connectivity index (χ0n) is 15.7. The first-order valence-electron chi connectivity index (χ1n) is 8.82. The molecule has 4 heteroatoms. The first-order chi connectivity index (χ1) is 13.0. The fourth-order valence-electron chi connectivity index (χ4n) is 3.00. The van der Waals surface area contributed by atoms with Crippen LogP contribution in [0.25, 0.3) is 11.1 Å². The predicted molar refractivity (Wildman–Crippen MR) is 107 cm³/mol. The van der Waals surface area contributed by atoms with Gasteiger partial charge in [-0.15, -0.1) is 0 Å². The summed E-state index contributed by atoms with van der Waals surface area (Å²) < 4.78 is 0. The Kier molecular flexibility index (Phi) is 5.33. The number of pyridine rings is 1. The van der Waals surface area contributed by atoms with Crippen molar-refractivity contribution < 1.29 is 4.79 Å². The maximum absolute atomic E-state index is 12.6. The molecule has 1 atom stereocenters. The smallest absolute Gasteiger partial charge is 0.231 e. The number of aryl methyl sites for hydroxylation is 2. The van der Waals surface area contributed by atoms with Crippen LogP contribution in [0.3, 0.4) is 0 Å². The summed E-state index contributed by atoms with van der Waals surface area (Å²) in [6.45, 7) is 5.73. The second kappa shape index (κ2) is 7.84. The number of benzene rings is 2. The molecule has 1 unspecified atom stereocenters. The molecule has 4 nitrogen and oxygen atoms in total. The minimum atomic E-state index is -0.348. The Morgan fingerprint density at radius 3 is 2.44 bits per heavy atom. The number of nitriles is 1. The van der Waals surface area contributed by atoms with E-state index in [0.29, 0.717) is 5.56 Å². The lowest BCUT2D eigenvalue weighted by atomic mass is 9.96. The highest BCUT2D eigenvalue weighted by Gasteiger charge is 2.16. The molecule has 2 aromatic carbocycles. The van der Waals surface area contributed by atoms with E-state index in [1.807, 2.05) is 69.3 Å². The van der Waals surface area contributed by atoms with E-state index in [4.69, 9.17) is 5.26 Å². The molecule has 0 bridgehead atoms. The lowest BCUT2D eigenvalue weighted by Crippen LogP contribution is -2.19. The van der Waals surface area contributed by atoms with Gasteiger partial charge in [-0.25, -0.2) is 0 Å². The first kappa shape index (κ1) is 18.3. The summed E-state index contributed by atoms with van der Waals surface area (Å²) >= 11 is 0. The van der Waals surface area contributed by atoms with Gasteiger partial charge in [0.05, 0.1) is 17.6 Å². The number of anilines is 1. The van der Waals surface area contributed by atoms with Crippen molar-refractivity contribution in [1.29, 1.82) is 5.26 Å². The lowest BCUT2D eigenvalue weighted by molar-refractivity contribution is -0.117. The molecule has 0 aliphatic heterocycles. The Morgan fingerprint density at radius 1 is 1.04 bits per heavy atom. The molecule has 1 aromatic heterocycles. The predicted octanol–water partition coefficient (Wildman–Crippen LogP) is 4.98. The van der Waals surface area contributed by atoms with Gasteiger partial charge in [0, 0.05) is 17.6 Å². The summed E-state index contributed by atoms with van der Waals surface area (Å²) in [6.07, 6.45) is 1.79. The highest BCUT2D eigenvalue weighted by molar-refractivity contribution is 5.95. The third kappa shape index (κ3) is 4.39. The van der Waals surface area contributed by atoms with Crippen molar-refractivity contribution >= 4 is 11.6 Å². The van der Waals surface area contributed by atoms with Gasteiger partial charge in [0.1, 0.15) is 0 Å². The van der Waals surface area contributed by atoms with Crippen LogP contribution in [0.15, 0.2) is 60.8 Å². The monoisotopic (exact) mass is 355 g/mol. The summed E-state index contributed by atoms with van der Waals surface area (Å²) in [5.41, 5.74) is 6.26. The molecule has 1 heterocycles. The molecule has 0 radical (unpaired) electrons. The highest BCUT2D eigenvalue weighted by atomic mass is 16.1. The van der Waals surface area contributed by atoms with Crippen LogP contribution in [-0.2, 0) is 4.79 Å². The van der Waals surface area contributed by atoms with E-state index in [1.54, 1.807) is 12.3 Å². The molecule has 134 valence electrons. The number of hydrogen-bond acceptors (Lipinski definition) is 3. The number of carbonyl (C=O) groups is 1. The van der Waals surface area contributed by atoms with E-state index < -0.39 is 0 Å². The fourth-order valence-corrected chi connectivity index (χ4v) is 3.00. The summed E-state index contributed by atoms with van der Waals surface area (Å²) in [6, 6.07) is 19.4. The van der Waals surface area contributed by atoms with Gasteiger partial charge in [0.15, 0.2) is 0 Å². The number of rotatable bonds is 4. The Bertz CT molecular complexity index is 1020. The molecule has 1 amide bonds. The molecule has 0 aliphatic rings. The highest BCUT2D eigenvalue weighted by Crippen LogP contribution is 2.24. The van der Waals surface area contributed by atoms with Crippen LogP contribution in [0.1, 0.15) is 35.2 Å². The van der Waals surface area contributed by atoms with Crippen molar-refractivity contribution in [2.45, 2.75) is 26.7 Å². The summed E-state index contributed by atoms with van der Waals surface area (Å²) in [4.78, 5) is 16.8. The molecule has 27 heavy (non-hydrogen) atoms. The van der Waals surface area contributed by atoms with Gasteiger partial charge in [-0.2, -0.15) is 5.26 Å². The van der Waals surface area contributed by atoms with Gasteiger partial charge < -0.3 is 5.32 Å². The van der Waals surface area contributed by atoms with Crippen molar-refractivity contribution in [2.24, 2.45) is 0 Å².